The largest absolute Gasteiger partial charge is 0.497 e. The summed E-state index contributed by atoms with van der Waals surface area (Å²) >= 11 is 0. The van der Waals surface area contributed by atoms with Gasteiger partial charge in [0.2, 0.25) is 0 Å². The minimum Gasteiger partial charge on any atom is -0.497 e. The number of methoxy groups -OCH3 is 2. The van der Waals surface area contributed by atoms with Crippen LogP contribution in [0.25, 0.3) is 0 Å². The third kappa shape index (κ3) is 5.21. The van der Waals surface area contributed by atoms with Crippen molar-refractivity contribution in [3.05, 3.63) is 55.3 Å². The van der Waals surface area contributed by atoms with Gasteiger partial charge in [0, 0.05) is 25.4 Å². The molecule has 24 heavy (non-hydrogen) atoms. The van der Waals surface area contributed by atoms with Crippen LogP contribution in [0.5, 0.6) is 11.5 Å². The lowest BCUT2D eigenvalue weighted by Crippen LogP contribution is -2.21. The fraction of sp³-hybridized carbons (Fsp3) is 0.222. The van der Waals surface area contributed by atoms with Crippen LogP contribution in [0.3, 0.4) is 0 Å². The van der Waals surface area contributed by atoms with E-state index < -0.39 is 5.91 Å². The first-order valence-electron chi connectivity index (χ1n) is 7.20. The zero-order valence-electron chi connectivity index (χ0n) is 13.9. The summed E-state index contributed by atoms with van der Waals surface area (Å²) in [7, 11) is 3.02. The molecular formula is C18H21N3O3. The number of nitrogens with zero attached hydrogens (tertiary/aromatic N) is 2. The molecule has 1 aromatic rings. The predicted octanol–water partition coefficient (Wildman–Crippen LogP) is 2.72. The van der Waals surface area contributed by atoms with Gasteiger partial charge in [-0.25, -0.2) is 0 Å². The molecule has 1 rings (SSSR count). The van der Waals surface area contributed by atoms with Gasteiger partial charge >= 0.3 is 0 Å². The van der Waals surface area contributed by atoms with Gasteiger partial charge in [0.1, 0.15) is 23.1 Å². The van der Waals surface area contributed by atoms with E-state index in [9.17, 15) is 10.1 Å². The van der Waals surface area contributed by atoms with Crippen molar-refractivity contribution in [2.45, 2.75) is 0 Å². The van der Waals surface area contributed by atoms with Gasteiger partial charge in [-0.3, -0.25) is 4.79 Å². The Hall–Kier alpha value is -3.20. The molecular weight excluding hydrogens is 306 g/mol. The molecule has 0 atom stereocenters. The highest BCUT2D eigenvalue weighted by Crippen LogP contribution is 2.29. The summed E-state index contributed by atoms with van der Waals surface area (Å²) in [6.07, 6.45) is 4.83. The van der Waals surface area contributed by atoms with Crippen LogP contribution in [0.4, 0.5) is 5.69 Å². The quantitative estimate of drug-likeness (QED) is 0.429. The van der Waals surface area contributed by atoms with Gasteiger partial charge in [-0.1, -0.05) is 12.2 Å². The van der Waals surface area contributed by atoms with E-state index in [-0.39, 0.29) is 5.57 Å². The highest BCUT2D eigenvalue weighted by molar-refractivity contribution is 6.07. The molecule has 6 heteroatoms. The molecule has 0 heterocycles. The summed E-state index contributed by atoms with van der Waals surface area (Å²) in [5.41, 5.74) is 0.380. The van der Waals surface area contributed by atoms with Gasteiger partial charge in [0.05, 0.1) is 19.9 Å². The molecule has 1 amide bonds. The SMILES string of the molecule is C=CCN(/C=C(/C#N)C(=O)Nc1cc(OC)ccc1OC)CC=C. The maximum Gasteiger partial charge on any atom is 0.267 e. The summed E-state index contributed by atoms with van der Waals surface area (Å²) < 4.78 is 10.3. The van der Waals surface area contributed by atoms with Crippen molar-refractivity contribution in [1.82, 2.24) is 4.90 Å². The van der Waals surface area contributed by atoms with Gasteiger partial charge in [-0.15, -0.1) is 13.2 Å². The van der Waals surface area contributed by atoms with E-state index in [0.717, 1.165) is 0 Å². The maximum atomic E-state index is 12.4. The van der Waals surface area contributed by atoms with Crippen LogP contribution in [0.1, 0.15) is 0 Å². The fourth-order valence-corrected chi connectivity index (χ4v) is 1.93. The molecule has 1 N–H and O–H groups in total. The van der Waals surface area contributed by atoms with E-state index >= 15 is 0 Å². The second kappa shape index (κ2) is 9.74. The zero-order chi connectivity index (χ0) is 17.9. The second-order valence-electron chi connectivity index (χ2n) is 4.71. The summed E-state index contributed by atoms with van der Waals surface area (Å²) in [4.78, 5) is 14.1. The van der Waals surface area contributed by atoms with Gasteiger partial charge < -0.3 is 19.7 Å². The minimum absolute atomic E-state index is 0.0384. The third-order valence-corrected chi connectivity index (χ3v) is 3.06. The standard InChI is InChI=1S/C18H21N3O3/c1-5-9-21(10-6-2)13-14(12-19)18(22)20-16-11-15(23-3)7-8-17(16)24-4/h5-8,11,13H,1-2,9-10H2,3-4H3,(H,20,22)/b14-13-. The first-order chi connectivity index (χ1) is 11.6. The number of benzene rings is 1. The Morgan fingerprint density at radius 3 is 2.46 bits per heavy atom. The lowest BCUT2D eigenvalue weighted by Gasteiger charge is -2.17. The van der Waals surface area contributed by atoms with Gasteiger partial charge in [0.25, 0.3) is 5.91 Å². The number of ether oxygens (including phenoxy) is 2. The number of carbonyl (C=O) groups excluding carboxylic acids is 1. The van der Waals surface area contributed by atoms with Gasteiger partial charge in [0.15, 0.2) is 0 Å². The number of hydrogen-bond acceptors (Lipinski definition) is 5. The van der Waals surface area contributed by atoms with Crippen molar-refractivity contribution in [1.29, 1.82) is 5.26 Å². The Labute approximate surface area is 142 Å². The van der Waals surface area contributed by atoms with Crippen LogP contribution in [0, 0.1) is 11.3 Å². The molecule has 0 bridgehead atoms. The molecule has 126 valence electrons. The Balaban J connectivity index is 3.04. The van der Waals surface area contributed by atoms with Gasteiger partial charge in [-0.2, -0.15) is 5.26 Å². The lowest BCUT2D eigenvalue weighted by atomic mass is 10.2. The topological polar surface area (TPSA) is 74.6 Å². The molecule has 0 aliphatic carbocycles. The Morgan fingerprint density at radius 2 is 1.96 bits per heavy atom. The Morgan fingerprint density at radius 1 is 1.29 bits per heavy atom. The number of anilines is 1. The highest BCUT2D eigenvalue weighted by Gasteiger charge is 2.14. The number of rotatable bonds is 9. The van der Waals surface area contributed by atoms with Crippen LogP contribution in [-0.4, -0.2) is 38.1 Å². The predicted molar refractivity (Wildman–Crippen MR) is 93.8 cm³/mol. The molecule has 1 aromatic carbocycles. The molecule has 0 saturated heterocycles. The summed E-state index contributed by atoms with van der Waals surface area (Å²) in [6.45, 7) is 8.29. The highest BCUT2D eigenvalue weighted by atomic mass is 16.5. The van der Waals surface area contributed by atoms with Crippen LogP contribution >= 0.6 is 0 Å². The van der Waals surface area contributed by atoms with Crippen molar-refractivity contribution in [2.24, 2.45) is 0 Å². The number of carbonyl (C=O) groups is 1. The molecule has 0 aliphatic rings. The molecule has 0 unspecified atom stereocenters. The lowest BCUT2D eigenvalue weighted by molar-refractivity contribution is -0.112. The average Bonchev–Trinajstić information content (AvgIpc) is 2.59. The fourth-order valence-electron chi connectivity index (χ4n) is 1.93. The van der Waals surface area contributed by atoms with Crippen LogP contribution < -0.4 is 14.8 Å². The van der Waals surface area contributed by atoms with E-state index in [1.165, 1.54) is 20.4 Å². The minimum atomic E-state index is -0.540. The van der Waals surface area contributed by atoms with E-state index in [4.69, 9.17) is 9.47 Å². The van der Waals surface area contributed by atoms with Crippen molar-refractivity contribution in [3.63, 3.8) is 0 Å². The third-order valence-electron chi connectivity index (χ3n) is 3.06. The summed E-state index contributed by atoms with van der Waals surface area (Å²) in [5.74, 6) is 0.492. The van der Waals surface area contributed by atoms with Crippen LogP contribution in [-0.2, 0) is 4.79 Å². The Kier molecular flexibility index (Phi) is 7.65. The van der Waals surface area contributed by atoms with Crippen molar-refractivity contribution in [2.75, 3.05) is 32.6 Å². The van der Waals surface area contributed by atoms with E-state index in [0.29, 0.717) is 30.3 Å². The number of nitriles is 1. The van der Waals surface area contributed by atoms with E-state index in [1.54, 1.807) is 35.3 Å². The van der Waals surface area contributed by atoms with E-state index in [1.807, 2.05) is 6.07 Å². The molecule has 0 fully saturated rings. The summed E-state index contributed by atoms with van der Waals surface area (Å²) in [6, 6.07) is 6.91. The molecule has 0 spiro atoms. The van der Waals surface area contributed by atoms with Crippen LogP contribution in [0.15, 0.2) is 55.3 Å². The summed E-state index contributed by atoms with van der Waals surface area (Å²) in [5, 5.41) is 11.9. The van der Waals surface area contributed by atoms with Crippen molar-refractivity contribution < 1.29 is 14.3 Å². The van der Waals surface area contributed by atoms with Crippen molar-refractivity contribution in [3.8, 4) is 17.6 Å². The molecule has 6 nitrogen and oxygen atoms in total. The molecule has 0 aliphatic heterocycles. The zero-order valence-corrected chi connectivity index (χ0v) is 13.9. The second-order valence-corrected chi connectivity index (χ2v) is 4.71. The van der Waals surface area contributed by atoms with Crippen LogP contribution in [0.2, 0.25) is 0 Å². The normalized spacial score (nSPS) is 10.3. The number of hydrogen-bond donors (Lipinski definition) is 1. The smallest absolute Gasteiger partial charge is 0.267 e. The molecule has 0 saturated carbocycles. The Bertz CT molecular complexity index is 665. The molecule has 0 aromatic heterocycles. The first-order valence-corrected chi connectivity index (χ1v) is 7.20. The monoisotopic (exact) mass is 327 g/mol. The van der Waals surface area contributed by atoms with Gasteiger partial charge in [-0.05, 0) is 12.1 Å². The molecule has 0 radical (unpaired) electrons. The first kappa shape index (κ1) is 18.8. The number of nitrogens with one attached hydrogen (secondary N) is 1. The number of amides is 1. The van der Waals surface area contributed by atoms with Crippen molar-refractivity contribution >= 4 is 11.6 Å². The van der Waals surface area contributed by atoms with E-state index in [2.05, 4.69) is 18.5 Å². The average molecular weight is 327 g/mol. The maximum absolute atomic E-state index is 12.4.